The third-order valence-corrected chi connectivity index (χ3v) is 2.25. The van der Waals surface area contributed by atoms with Gasteiger partial charge in [0.2, 0.25) is 0 Å². The van der Waals surface area contributed by atoms with Gasteiger partial charge in [0.25, 0.3) is 0 Å². The monoisotopic (exact) mass is 276 g/mol. The van der Waals surface area contributed by atoms with Crippen molar-refractivity contribution in [3.8, 4) is 5.75 Å². The molecule has 0 fully saturated rings. The minimum absolute atomic E-state index is 0.759. The van der Waals surface area contributed by atoms with Crippen LogP contribution in [0.4, 0.5) is 0 Å². The van der Waals surface area contributed by atoms with Crippen molar-refractivity contribution >= 4 is 31.9 Å². The van der Waals surface area contributed by atoms with Gasteiger partial charge in [-0.25, -0.2) is 0 Å². The highest BCUT2D eigenvalue weighted by molar-refractivity contribution is 9.11. The van der Waals surface area contributed by atoms with Crippen molar-refractivity contribution in [2.24, 2.45) is 0 Å². The van der Waals surface area contributed by atoms with E-state index in [1.165, 1.54) is 6.26 Å². The highest BCUT2D eigenvalue weighted by Gasteiger charge is 1.98. The summed E-state index contributed by atoms with van der Waals surface area (Å²) in [4.78, 5) is 0. The first-order valence-electron chi connectivity index (χ1n) is 2.96. The average Bonchev–Trinajstić information content (AvgIpc) is 1.98. The van der Waals surface area contributed by atoms with Crippen molar-refractivity contribution in [3.05, 3.63) is 40.0 Å². The van der Waals surface area contributed by atoms with Gasteiger partial charge in [0.15, 0.2) is 0 Å². The molecule has 0 saturated carbocycles. The first kappa shape index (κ1) is 8.81. The molecule has 1 aromatic rings. The highest BCUT2D eigenvalue weighted by atomic mass is 79.9. The molecule has 0 N–H and O–H groups in total. The molecule has 0 radical (unpaired) electrons. The van der Waals surface area contributed by atoms with Crippen LogP contribution >= 0.6 is 31.9 Å². The second-order valence-electron chi connectivity index (χ2n) is 1.86. The van der Waals surface area contributed by atoms with Gasteiger partial charge in [-0.1, -0.05) is 22.5 Å². The fraction of sp³-hybridized carbons (Fsp3) is 0. The summed E-state index contributed by atoms with van der Waals surface area (Å²) < 4.78 is 7.01. The van der Waals surface area contributed by atoms with Crippen LogP contribution in [0.2, 0.25) is 0 Å². The Hall–Kier alpha value is -0.280. The third kappa shape index (κ3) is 2.34. The van der Waals surface area contributed by atoms with Crippen molar-refractivity contribution in [1.29, 1.82) is 0 Å². The predicted octanol–water partition coefficient (Wildman–Crippen LogP) is 3.73. The molecule has 1 nitrogen and oxygen atoms in total. The van der Waals surface area contributed by atoms with Gasteiger partial charge >= 0.3 is 0 Å². The Labute approximate surface area is 82.3 Å². The van der Waals surface area contributed by atoms with E-state index in [1.807, 2.05) is 18.2 Å². The zero-order chi connectivity index (χ0) is 8.27. The quantitative estimate of drug-likeness (QED) is 0.749. The van der Waals surface area contributed by atoms with Crippen molar-refractivity contribution in [2.45, 2.75) is 0 Å². The lowest BCUT2D eigenvalue weighted by Crippen LogP contribution is -1.81. The molecule has 0 aromatic heterocycles. The lowest BCUT2D eigenvalue weighted by molar-refractivity contribution is 0.480. The summed E-state index contributed by atoms with van der Waals surface area (Å²) in [6, 6.07) is 5.70. The Morgan fingerprint density at radius 1 is 1.36 bits per heavy atom. The van der Waals surface area contributed by atoms with Crippen molar-refractivity contribution < 1.29 is 4.74 Å². The van der Waals surface area contributed by atoms with E-state index in [0.717, 1.165) is 14.7 Å². The SMILES string of the molecule is C=COc1cc(Br)ccc1Br. The van der Waals surface area contributed by atoms with Crippen LogP contribution in [0.1, 0.15) is 0 Å². The topological polar surface area (TPSA) is 9.23 Å². The molecule has 0 bridgehead atoms. The van der Waals surface area contributed by atoms with Gasteiger partial charge in [0.1, 0.15) is 5.75 Å². The van der Waals surface area contributed by atoms with Crippen LogP contribution in [-0.4, -0.2) is 0 Å². The molecule has 0 atom stereocenters. The lowest BCUT2D eigenvalue weighted by atomic mass is 10.3. The molecule has 3 heteroatoms. The Morgan fingerprint density at radius 3 is 2.73 bits per heavy atom. The molecule has 58 valence electrons. The molecule has 0 heterocycles. The van der Waals surface area contributed by atoms with Crippen LogP contribution < -0.4 is 4.74 Å². The minimum atomic E-state index is 0.759. The van der Waals surface area contributed by atoms with Crippen molar-refractivity contribution in [1.82, 2.24) is 0 Å². The molecule has 1 rings (SSSR count). The summed E-state index contributed by atoms with van der Waals surface area (Å²) >= 11 is 6.67. The fourth-order valence-corrected chi connectivity index (χ4v) is 1.34. The summed E-state index contributed by atoms with van der Waals surface area (Å²) in [5.74, 6) is 0.759. The first-order valence-corrected chi connectivity index (χ1v) is 4.55. The largest absolute Gasteiger partial charge is 0.464 e. The third-order valence-electron chi connectivity index (χ3n) is 1.10. The van der Waals surface area contributed by atoms with Gasteiger partial charge in [-0.05, 0) is 34.1 Å². The number of hydrogen-bond donors (Lipinski definition) is 0. The smallest absolute Gasteiger partial charge is 0.141 e. The lowest BCUT2D eigenvalue weighted by Gasteiger charge is -2.02. The number of benzene rings is 1. The van der Waals surface area contributed by atoms with Crippen molar-refractivity contribution in [2.75, 3.05) is 0 Å². The maximum absolute atomic E-state index is 5.10. The summed E-state index contributed by atoms with van der Waals surface area (Å²) in [5.41, 5.74) is 0. The maximum Gasteiger partial charge on any atom is 0.141 e. The van der Waals surface area contributed by atoms with Crippen molar-refractivity contribution in [3.63, 3.8) is 0 Å². The standard InChI is InChI=1S/C8H6Br2O/c1-2-11-8-5-6(9)3-4-7(8)10/h2-5H,1H2. The van der Waals surface area contributed by atoms with Gasteiger partial charge < -0.3 is 4.74 Å². The molecule has 0 amide bonds. The summed E-state index contributed by atoms with van der Waals surface area (Å²) in [7, 11) is 0. The van der Waals surface area contributed by atoms with Gasteiger partial charge in [0, 0.05) is 4.47 Å². The first-order chi connectivity index (χ1) is 5.24. The average molecular weight is 278 g/mol. The molecule has 0 aliphatic rings. The zero-order valence-electron chi connectivity index (χ0n) is 5.68. The van der Waals surface area contributed by atoms with E-state index in [1.54, 1.807) is 0 Å². The molecule has 0 aliphatic carbocycles. The fourth-order valence-electron chi connectivity index (χ4n) is 0.657. The van der Waals surface area contributed by atoms with Crippen LogP contribution in [0, 0.1) is 0 Å². The van der Waals surface area contributed by atoms with Crippen LogP contribution in [0.3, 0.4) is 0 Å². The van der Waals surface area contributed by atoms with Crippen LogP contribution in [0.15, 0.2) is 40.0 Å². The summed E-state index contributed by atoms with van der Waals surface area (Å²) in [5, 5.41) is 0. The molecule has 0 unspecified atom stereocenters. The molecule has 1 aromatic carbocycles. The van der Waals surface area contributed by atoms with Gasteiger partial charge in [-0.15, -0.1) is 0 Å². The van der Waals surface area contributed by atoms with Gasteiger partial charge in [-0.2, -0.15) is 0 Å². The van der Waals surface area contributed by atoms with Gasteiger partial charge in [0.05, 0.1) is 10.7 Å². The minimum Gasteiger partial charge on any atom is -0.464 e. The van der Waals surface area contributed by atoms with Crippen LogP contribution in [0.25, 0.3) is 0 Å². The summed E-state index contributed by atoms with van der Waals surface area (Å²) in [6.45, 7) is 3.47. The Balaban J connectivity index is 3.01. The van der Waals surface area contributed by atoms with E-state index >= 15 is 0 Å². The number of hydrogen-bond acceptors (Lipinski definition) is 1. The molecule has 11 heavy (non-hydrogen) atoms. The van der Waals surface area contributed by atoms with E-state index < -0.39 is 0 Å². The normalized spacial score (nSPS) is 9.27. The Morgan fingerprint density at radius 2 is 2.09 bits per heavy atom. The molecular weight excluding hydrogens is 272 g/mol. The van der Waals surface area contributed by atoms with Crippen LogP contribution in [0.5, 0.6) is 5.75 Å². The molecule has 0 spiro atoms. The van der Waals surface area contributed by atoms with E-state index in [2.05, 4.69) is 38.4 Å². The number of rotatable bonds is 2. The Bertz CT molecular complexity index is 271. The summed E-state index contributed by atoms with van der Waals surface area (Å²) in [6.07, 6.45) is 1.40. The number of halogens is 2. The van der Waals surface area contributed by atoms with E-state index in [4.69, 9.17) is 4.74 Å². The van der Waals surface area contributed by atoms with Crippen LogP contribution in [-0.2, 0) is 0 Å². The molecule has 0 saturated heterocycles. The Kier molecular flexibility index (Phi) is 3.15. The molecular formula is C8H6Br2O. The maximum atomic E-state index is 5.10. The molecule has 0 aliphatic heterocycles. The highest BCUT2D eigenvalue weighted by Crippen LogP contribution is 2.28. The second-order valence-corrected chi connectivity index (χ2v) is 3.63. The second kappa shape index (κ2) is 3.93. The zero-order valence-corrected chi connectivity index (χ0v) is 8.85. The van der Waals surface area contributed by atoms with Gasteiger partial charge in [-0.3, -0.25) is 0 Å². The van der Waals surface area contributed by atoms with E-state index in [9.17, 15) is 0 Å². The van der Waals surface area contributed by atoms with E-state index in [0.29, 0.717) is 0 Å². The van der Waals surface area contributed by atoms with E-state index in [-0.39, 0.29) is 0 Å². The predicted molar refractivity (Wildman–Crippen MR) is 52.7 cm³/mol. The number of ether oxygens (including phenoxy) is 1.